The first-order valence-corrected chi connectivity index (χ1v) is 9.85. The summed E-state index contributed by atoms with van der Waals surface area (Å²) in [6.45, 7) is 8.65. The molecular weight excluding hydrogens is 479 g/mol. The van der Waals surface area contributed by atoms with Crippen molar-refractivity contribution in [3.63, 3.8) is 0 Å². The number of fused-ring (bicyclic) bond motifs is 1. The van der Waals surface area contributed by atoms with E-state index in [9.17, 15) is 0 Å². The fourth-order valence-electron chi connectivity index (χ4n) is 3.00. The Morgan fingerprint density at radius 3 is 2.59 bits per heavy atom. The highest BCUT2D eigenvalue weighted by Gasteiger charge is 2.13. The van der Waals surface area contributed by atoms with E-state index in [1.165, 1.54) is 11.1 Å². The quantitative estimate of drug-likeness (QED) is 0.322. The van der Waals surface area contributed by atoms with Gasteiger partial charge in [-0.25, -0.2) is 4.99 Å². The van der Waals surface area contributed by atoms with Gasteiger partial charge in [-0.3, -0.25) is 0 Å². The van der Waals surface area contributed by atoms with Crippen LogP contribution in [0.2, 0.25) is 0 Å². The van der Waals surface area contributed by atoms with Gasteiger partial charge in [-0.2, -0.15) is 0 Å². The summed E-state index contributed by atoms with van der Waals surface area (Å²) in [5, 5.41) is 6.69. The third kappa shape index (κ3) is 7.08. The molecule has 6 nitrogen and oxygen atoms in total. The molecule has 2 aromatic carbocycles. The van der Waals surface area contributed by atoms with E-state index in [1.807, 2.05) is 18.2 Å². The van der Waals surface area contributed by atoms with Gasteiger partial charge in [0.2, 0.25) is 6.79 Å². The van der Waals surface area contributed by atoms with Crippen molar-refractivity contribution in [1.82, 2.24) is 15.5 Å². The second-order valence-electron chi connectivity index (χ2n) is 6.89. The van der Waals surface area contributed by atoms with Crippen LogP contribution in [0.25, 0.3) is 0 Å². The standard InChI is InChI=1S/C22H30N4O2.HI/c1-4-23-22(25-14-18-9-10-20-21(12-18)28-16-27-20)24-13-17-7-6-8-19(11-17)15-26(3)5-2;/h6-12H,4-5,13-16H2,1-3H3,(H2,23,24,25);1H. The summed E-state index contributed by atoms with van der Waals surface area (Å²) in [4.78, 5) is 7.03. The van der Waals surface area contributed by atoms with Crippen molar-refractivity contribution in [3.8, 4) is 11.5 Å². The molecule has 2 aromatic rings. The van der Waals surface area contributed by atoms with Crippen LogP contribution in [0.5, 0.6) is 11.5 Å². The number of nitrogens with zero attached hydrogens (tertiary/aromatic N) is 2. The van der Waals surface area contributed by atoms with Crippen molar-refractivity contribution >= 4 is 29.9 Å². The monoisotopic (exact) mass is 510 g/mol. The lowest BCUT2D eigenvalue weighted by molar-refractivity contribution is 0.174. The van der Waals surface area contributed by atoms with Gasteiger partial charge in [0, 0.05) is 19.6 Å². The molecule has 0 bridgehead atoms. The van der Waals surface area contributed by atoms with Crippen LogP contribution in [0.1, 0.15) is 30.5 Å². The van der Waals surface area contributed by atoms with Gasteiger partial charge in [-0.15, -0.1) is 24.0 Å². The predicted molar refractivity (Wildman–Crippen MR) is 128 cm³/mol. The fourth-order valence-corrected chi connectivity index (χ4v) is 3.00. The number of rotatable bonds is 8. The summed E-state index contributed by atoms with van der Waals surface area (Å²) < 4.78 is 10.8. The molecule has 0 spiro atoms. The summed E-state index contributed by atoms with van der Waals surface area (Å²) in [6.07, 6.45) is 0. The normalized spacial score (nSPS) is 12.6. The van der Waals surface area contributed by atoms with Crippen molar-refractivity contribution in [2.45, 2.75) is 33.5 Å². The van der Waals surface area contributed by atoms with E-state index in [1.54, 1.807) is 0 Å². The maximum Gasteiger partial charge on any atom is 0.231 e. The van der Waals surface area contributed by atoms with E-state index < -0.39 is 0 Å². The number of hydrogen-bond donors (Lipinski definition) is 2. The molecule has 1 aliphatic heterocycles. The van der Waals surface area contributed by atoms with Gasteiger partial charge in [0.05, 0.1) is 6.54 Å². The van der Waals surface area contributed by atoms with E-state index in [4.69, 9.17) is 14.5 Å². The molecule has 1 heterocycles. The fraction of sp³-hybridized carbons (Fsp3) is 0.409. The second-order valence-corrected chi connectivity index (χ2v) is 6.89. The van der Waals surface area contributed by atoms with Crippen LogP contribution in [-0.2, 0) is 19.6 Å². The summed E-state index contributed by atoms with van der Waals surface area (Å²) in [5.41, 5.74) is 3.65. The van der Waals surface area contributed by atoms with E-state index >= 15 is 0 Å². The number of benzene rings is 2. The highest BCUT2D eigenvalue weighted by atomic mass is 127. The molecule has 0 radical (unpaired) electrons. The molecule has 0 amide bonds. The van der Waals surface area contributed by atoms with E-state index in [0.29, 0.717) is 19.9 Å². The molecule has 0 saturated heterocycles. The average Bonchev–Trinajstić information content (AvgIpc) is 3.18. The molecule has 0 aliphatic carbocycles. The number of nitrogens with one attached hydrogen (secondary N) is 2. The Balaban J connectivity index is 0.00000300. The second kappa shape index (κ2) is 11.9. The van der Waals surface area contributed by atoms with E-state index in [2.05, 4.69) is 60.7 Å². The van der Waals surface area contributed by atoms with Crippen LogP contribution in [0, 0.1) is 0 Å². The molecule has 2 N–H and O–H groups in total. The molecule has 0 saturated carbocycles. The van der Waals surface area contributed by atoms with Gasteiger partial charge in [0.1, 0.15) is 0 Å². The van der Waals surface area contributed by atoms with Crippen LogP contribution in [-0.4, -0.2) is 37.8 Å². The van der Waals surface area contributed by atoms with E-state index in [-0.39, 0.29) is 24.0 Å². The number of ether oxygens (including phenoxy) is 2. The van der Waals surface area contributed by atoms with Crippen LogP contribution < -0.4 is 20.1 Å². The number of aliphatic imine (C=N–C) groups is 1. The van der Waals surface area contributed by atoms with Crippen LogP contribution >= 0.6 is 24.0 Å². The Labute approximate surface area is 190 Å². The van der Waals surface area contributed by atoms with Crippen molar-refractivity contribution < 1.29 is 9.47 Å². The summed E-state index contributed by atoms with van der Waals surface area (Å²) in [7, 11) is 2.13. The first kappa shape index (κ1) is 23.3. The lowest BCUT2D eigenvalue weighted by Gasteiger charge is -2.14. The molecule has 0 fully saturated rings. The summed E-state index contributed by atoms with van der Waals surface area (Å²) in [6, 6.07) is 14.6. The van der Waals surface area contributed by atoms with Gasteiger partial charge in [-0.05, 0) is 49.3 Å². The smallest absolute Gasteiger partial charge is 0.231 e. The first-order valence-electron chi connectivity index (χ1n) is 9.85. The van der Waals surface area contributed by atoms with Crippen molar-refractivity contribution in [3.05, 3.63) is 59.2 Å². The zero-order valence-electron chi connectivity index (χ0n) is 17.4. The van der Waals surface area contributed by atoms with Gasteiger partial charge < -0.3 is 25.0 Å². The molecule has 0 aromatic heterocycles. The first-order chi connectivity index (χ1) is 13.7. The van der Waals surface area contributed by atoms with Crippen LogP contribution in [0.15, 0.2) is 47.5 Å². The molecule has 0 unspecified atom stereocenters. The van der Waals surface area contributed by atoms with Crippen molar-refractivity contribution in [2.75, 3.05) is 26.9 Å². The van der Waals surface area contributed by atoms with Crippen LogP contribution in [0.4, 0.5) is 0 Å². The SMILES string of the molecule is CCNC(=NCc1cccc(CN(C)CC)c1)NCc1ccc2c(c1)OCO2.I. The summed E-state index contributed by atoms with van der Waals surface area (Å²) >= 11 is 0. The minimum atomic E-state index is 0. The van der Waals surface area contributed by atoms with Crippen molar-refractivity contribution in [1.29, 1.82) is 0 Å². The lowest BCUT2D eigenvalue weighted by atomic mass is 10.1. The van der Waals surface area contributed by atoms with Gasteiger partial charge in [-0.1, -0.05) is 37.3 Å². The Hall–Kier alpha value is -2.00. The van der Waals surface area contributed by atoms with Crippen molar-refractivity contribution in [2.24, 2.45) is 4.99 Å². The molecule has 3 rings (SSSR count). The Morgan fingerprint density at radius 2 is 1.79 bits per heavy atom. The third-order valence-electron chi connectivity index (χ3n) is 4.64. The molecule has 29 heavy (non-hydrogen) atoms. The average molecular weight is 510 g/mol. The number of guanidine groups is 1. The highest BCUT2D eigenvalue weighted by molar-refractivity contribution is 14.0. The van der Waals surface area contributed by atoms with Gasteiger partial charge >= 0.3 is 0 Å². The Bertz CT molecular complexity index is 813. The Kier molecular flexibility index (Phi) is 9.53. The number of hydrogen-bond acceptors (Lipinski definition) is 4. The minimum absolute atomic E-state index is 0. The predicted octanol–water partition coefficient (Wildman–Crippen LogP) is 3.74. The van der Waals surface area contributed by atoms with Gasteiger partial charge in [0.25, 0.3) is 0 Å². The van der Waals surface area contributed by atoms with Crippen LogP contribution in [0.3, 0.4) is 0 Å². The van der Waals surface area contributed by atoms with E-state index in [0.717, 1.165) is 42.7 Å². The Morgan fingerprint density at radius 1 is 1.00 bits per heavy atom. The largest absolute Gasteiger partial charge is 0.454 e. The molecule has 1 aliphatic rings. The summed E-state index contributed by atoms with van der Waals surface area (Å²) in [5.74, 6) is 2.41. The minimum Gasteiger partial charge on any atom is -0.454 e. The molecule has 158 valence electrons. The zero-order chi connectivity index (χ0) is 19.8. The lowest BCUT2D eigenvalue weighted by Crippen LogP contribution is -2.36. The highest BCUT2D eigenvalue weighted by Crippen LogP contribution is 2.32. The zero-order valence-corrected chi connectivity index (χ0v) is 19.7. The molecular formula is C22H31IN4O2. The maximum atomic E-state index is 5.45. The molecule has 0 atom stereocenters. The van der Waals surface area contributed by atoms with Gasteiger partial charge in [0.15, 0.2) is 17.5 Å². The maximum absolute atomic E-state index is 5.45. The molecule has 7 heteroatoms. The third-order valence-corrected chi connectivity index (χ3v) is 4.64. The number of halogens is 1. The topological polar surface area (TPSA) is 58.1 Å².